The highest BCUT2D eigenvalue weighted by atomic mass is 19.3. The minimum atomic E-state index is -2.80. The molecular formula is C14H17F2N3O. The van der Waals surface area contributed by atoms with E-state index in [9.17, 15) is 8.78 Å². The Hall–Kier alpha value is -1.95. The molecule has 6 heteroatoms. The number of aryl methyl sites for hydroxylation is 1. The van der Waals surface area contributed by atoms with E-state index >= 15 is 0 Å². The Labute approximate surface area is 116 Å². The van der Waals surface area contributed by atoms with Gasteiger partial charge in [0.1, 0.15) is 5.75 Å². The molecule has 2 rings (SSSR count). The SMILES string of the molecule is CCNC(c1ccc(OC(F)F)cc1)c1ccn(C)n1. The van der Waals surface area contributed by atoms with Crippen LogP contribution in [0.2, 0.25) is 0 Å². The van der Waals surface area contributed by atoms with Gasteiger partial charge in [-0.05, 0) is 30.3 Å². The number of benzene rings is 1. The molecule has 0 aliphatic carbocycles. The summed E-state index contributed by atoms with van der Waals surface area (Å²) < 4.78 is 30.3. The van der Waals surface area contributed by atoms with Gasteiger partial charge in [-0.1, -0.05) is 19.1 Å². The van der Waals surface area contributed by atoms with Crippen molar-refractivity contribution in [1.29, 1.82) is 0 Å². The lowest BCUT2D eigenvalue weighted by Crippen LogP contribution is -2.22. The lowest BCUT2D eigenvalue weighted by Gasteiger charge is -2.16. The summed E-state index contributed by atoms with van der Waals surface area (Å²) in [5, 5.41) is 7.70. The molecule has 0 aliphatic heterocycles. The summed E-state index contributed by atoms with van der Waals surface area (Å²) in [7, 11) is 1.85. The van der Waals surface area contributed by atoms with Gasteiger partial charge in [-0.25, -0.2) is 0 Å². The van der Waals surface area contributed by atoms with Crippen molar-refractivity contribution < 1.29 is 13.5 Å². The van der Waals surface area contributed by atoms with Crippen LogP contribution in [0.15, 0.2) is 36.5 Å². The van der Waals surface area contributed by atoms with E-state index in [1.165, 1.54) is 12.1 Å². The van der Waals surface area contributed by atoms with Gasteiger partial charge in [-0.3, -0.25) is 4.68 Å². The summed E-state index contributed by atoms with van der Waals surface area (Å²) >= 11 is 0. The third kappa shape index (κ3) is 3.54. The van der Waals surface area contributed by atoms with E-state index in [2.05, 4.69) is 15.2 Å². The van der Waals surface area contributed by atoms with E-state index in [1.54, 1.807) is 16.8 Å². The topological polar surface area (TPSA) is 39.1 Å². The zero-order chi connectivity index (χ0) is 14.5. The predicted molar refractivity (Wildman–Crippen MR) is 71.8 cm³/mol. The van der Waals surface area contributed by atoms with Gasteiger partial charge < -0.3 is 10.1 Å². The highest BCUT2D eigenvalue weighted by Gasteiger charge is 2.15. The Kier molecular flexibility index (Phi) is 4.68. The van der Waals surface area contributed by atoms with Crippen LogP contribution < -0.4 is 10.1 Å². The maximum absolute atomic E-state index is 12.1. The number of nitrogens with zero attached hydrogens (tertiary/aromatic N) is 2. The number of nitrogens with one attached hydrogen (secondary N) is 1. The van der Waals surface area contributed by atoms with Crippen molar-refractivity contribution >= 4 is 0 Å². The quantitative estimate of drug-likeness (QED) is 0.885. The van der Waals surface area contributed by atoms with Crippen molar-refractivity contribution in [2.75, 3.05) is 6.54 Å². The fraction of sp³-hybridized carbons (Fsp3) is 0.357. The first-order chi connectivity index (χ1) is 9.60. The molecule has 1 N–H and O–H groups in total. The van der Waals surface area contributed by atoms with Gasteiger partial charge in [-0.15, -0.1) is 0 Å². The van der Waals surface area contributed by atoms with Crippen LogP contribution in [0.4, 0.5) is 8.78 Å². The highest BCUT2D eigenvalue weighted by molar-refractivity contribution is 5.33. The van der Waals surface area contributed by atoms with Gasteiger partial charge >= 0.3 is 6.61 Å². The molecular weight excluding hydrogens is 264 g/mol. The summed E-state index contributed by atoms with van der Waals surface area (Å²) in [5.41, 5.74) is 1.84. The van der Waals surface area contributed by atoms with E-state index in [0.717, 1.165) is 17.8 Å². The van der Waals surface area contributed by atoms with Crippen LogP contribution in [0.5, 0.6) is 5.75 Å². The van der Waals surface area contributed by atoms with E-state index < -0.39 is 6.61 Å². The van der Waals surface area contributed by atoms with Crippen LogP contribution in [-0.4, -0.2) is 22.9 Å². The van der Waals surface area contributed by atoms with Crippen molar-refractivity contribution in [3.63, 3.8) is 0 Å². The van der Waals surface area contributed by atoms with E-state index in [0.29, 0.717) is 0 Å². The number of hydrogen-bond acceptors (Lipinski definition) is 3. The largest absolute Gasteiger partial charge is 0.435 e. The first kappa shape index (κ1) is 14.5. The minimum absolute atomic E-state index is 0.0678. The summed E-state index contributed by atoms with van der Waals surface area (Å²) in [4.78, 5) is 0. The molecule has 0 amide bonds. The molecule has 0 saturated heterocycles. The number of ether oxygens (including phenoxy) is 1. The number of alkyl halides is 2. The van der Waals surface area contributed by atoms with Gasteiger partial charge in [0.25, 0.3) is 0 Å². The average Bonchev–Trinajstić information content (AvgIpc) is 2.83. The number of hydrogen-bond donors (Lipinski definition) is 1. The molecule has 108 valence electrons. The Morgan fingerprint density at radius 3 is 2.45 bits per heavy atom. The zero-order valence-corrected chi connectivity index (χ0v) is 11.4. The van der Waals surface area contributed by atoms with E-state index in [-0.39, 0.29) is 11.8 Å². The lowest BCUT2D eigenvalue weighted by molar-refractivity contribution is -0.0498. The van der Waals surface area contributed by atoms with Crippen LogP contribution in [-0.2, 0) is 7.05 Å². The Morgan fingerprint density at radius 1 is 1.25 bits per heavy atom. The number of aromatic nitrogens is 2. The summed E-state index contributed by atoms with van der Waals surface area (Å²) in [6.45, 7) is -0.0259. The van der Waals surface area contributed by atoms with Crippen LogP contribution in [0.25, 0.3) is 0 Å². The normalized spacial score (nSPS) is 12.7. The summed E-state index contributed by atoms with van der Waals surface area (Å²) in [5.74, 6) is 0.153. The molecule has 1 unspecified atom stereocenters. The second kappa shape index (κ2) is 6.47. The standard InChI is InChI=1S/C14H17F2N3O/c1-3-17-13(12-8-9-19(2)18-12)10-4-6-11(7-5-10)20-14(15)16/h4-9,13-14,17H,3H2,1-2H3. The molecule has 2 aromatic rings. The van der Waals surface area contributed by atoms with Crippen molar-refractivity contribution in [2.45, 2.75) is 19.6 Å². The molecule has 0 radical (unpaired) electrons. The molecule has 0 fully saturated rings. The van der Waals surface area contributed by atoms with Gasteiger partial charge in [-0.2, -0.15) is 13.9 Å². The van der Waals surface area contributed by atoms with Gasteiger partial charge in [0.15, 0.2) is 0 Å². The van der Waals surface area contributed by atoms with Gasteiger partial charge in [0, 0.05) is 13.2 Å². The first-order valence-electron chi connectivity index (χ1n) is 6.38. The summed E-state index contributed by atoms with van der Waals surface area (Å²) in [6, 6.07) is 8.46. The van der Waals surface area contributed by atoms with Crippen molar-refractivity contribution in [3.8, 4) is 5.75 Å². The lowest BCUT2D eigenvalue weighted by atomic mass is 10.0. The molecule has 4 nitrogen and oxygen atoms in total. The molecule has 0 bridgehead atoms. The molecule has 1 aromatic heterocycles. The van der Waals surface area contributed by atoms with Crippen LogP contribution >= 0.6 is 0 Å². The maximum Gasteiger partial charge on any atom is 0.387 e. The second-order valence-electron chi connectivity index (χ2n) is 4.35. The fourth-order valence-electron chi connectivity index (χ4n) is 2.03. The Bertz CT molecular complexity index is 540. The predicted octanol–water partition coefficient (Wildman–Crippen LogP) is 2.72. The van der Waals surface area contributed by atoms with Crippen LogP contribution in [0.3, 0.4) is 0 Å². The van der Waals surface area contributed by atoms with Crippen molar-refractivity contribution in [2.24, 2.45) is 7.05 Å². The molecule has 1 heterocycles. The van der Waals surface area contributed by atoms with Crippen LogP contribution in [0, 0.1) is 0 Å². The van der Waals surface area contributed by atoms with E-state index in [4.69, 9.17) is 0 Å². The third-order valence-corrected chi connectivity index (χ3v) is 2.88. The minimum Gasteiger partial charge on any atom is -0.435 e. The summed E-state index contributed by atoms with van der Waals surface area (Å²) in [6.07, 6.45) is 1.87. The molecule has 0 spiro atoms. The van der Waals surface area contributed by atoms with Crippen molar-refractivity contribution in [1.82, 2.24) is 15.1 Å². The fourth-order valence-corrected chi connectivity index (χ4v) is 2.03. The van der Waals surface area contributed by atoms with Crippen molar-refractivity contribution in [3.05, 3.63) is 47.8 Å². The van der Waals surface area contributed by atoms with Gasteiger partial charge in [0.2, 0.25) is 0 Å². The van der Waals surface area contributed by atoms with E-state index in [1.807, 2.05) is 26.2 Å². The molecule has 1 atom stereocenters. The van der Waals surface area contributed by atoms with Gasteiger partial charge in [0.05, 0.1) is 11.7 Å². The third-order valence-electron chi connectivity index (χ3n) is 2.88. The monoisotopic (exact) mass is 281 g/mol. The molecule has 0 aliphatic rings. The average molecular weight is 281 g/mol. The molecule has 0 saturated carbocycles. The Balaban J connectivity index is 2.21. The Morgan fingerprint density at radius 2 is 1.95 bits per heavy atom. The molecule has 1 aromatic carbocycles. The number of halogens is 2. The zero-order valence-electron chi connectivity index (χ0n) is 11.4. The molecule has 20 heavy (non-hydrogen) atoms. The van der Waals surface area contributed by atoms with Crippen LogP contribution in [0.1, 0.15) is 24.2 Å². The second-order valence-corrected chi connectivity index (χ2v) is 4.35. The smallest absolute Gasteiger partial charge is 0.387 e. The first-order valence-corrected chi connectivity index (χ1v) is 6.38. The number of rotatable bonds is 6. The maximum atomic E-state index is 12.1. The highest BCUT2D eigenvalue weighted by Crippen LogP contribution is 2.23.